The van der Waals surface area contributed by atoms with Crippen molar-refractivity contribution in [2.75, 3.05) is 26.2 Å². The number of rotatable bonds is 3. The van der Waals surface area contributed by atoms with Crippen LogP contribution in [0.4, 0.5) is 9.18 Å². The Labute approximate surface area is 125 Å². The summed E-state index contributed by atoms with van der Waals surface area (Å²) in [7, 11) is 0. The molecule has 0 spiro atoms. The number of halogens is 1. The van der Waals surface area contributed by atoms with Gasteiger partial charge < -0.3 is 14.5 Å². The Bertz CT molecular complexity index is 408. The molecule has 1 heterocycles. The summed E-state index contributed by atoms with van der Waals surface area (Å²) in [5, 5.41) is 7.41. The predicted molar refractivity (Wildman–Crippen MR) is 78.6 cm³/mol. The van der Waals surface area contributed by atoms with Gasteiger partial charge in [-0.05, 0) is 40.7 Å². The first kappa shape index (κ1) is 17.4. The van der Waals surface area contributed by atoms with Crippen molar-refractivity contribution in [3.63, 3.8) is 0 Å². The third-order valence-corrected chi connectivity index (χ3v) is 2.83. The topological polar surface area (TPSA) is 57.5 Å². The molecule has 0 N–H and O–H groups in total. The molecule has 1 amide bonds. The van der Waals surface area contributed by atoms with Crippen molar-refractivity contribution in [3.05, 3.63) is 11.9 Å². The van der Waals surface area contributed by atoms with E-state index in [1.807, 2.05) is 32.6 Å². The molecule has 0 aromatic carbocycles. The Morgan fingerprint density at radius 3 is 2.19 bits per heavy atom. The number of amides is 1. The normalized spacial score (nSPS) is 19.0. The Morgan fingerprint density at radius 1 is 1.24 bits per heavy atom. The second-order valence-corrected chi connectivity index (χ2v) is 5.89. The van der Waals surface area contributed by atoms with Crippen molar-refractivity contribution in [3.8, 4) is 0 Å². The van der Waals surface area contributed by atoms with Gasteiger partial charge >= 0.3 is 6.09 Å². The minimum atomic E-state index is -1.32. The molecule has 7 heteroatoms. The highest BCUT2D eigenvalue weighted by Crippen LogP contribution is 2.15. The molecule has 1 rings (SSSR count). The number of alkyl halides is 1. The number of piperazine rings is 1. The van der Waals surface area contributed by atoms with E-state index >= 15 is 0 Å². The van der Waals surface area contributed by atoms with Crippen LogP contribution in [-0.4, -0.2) is 54.0 Å². The van der Waals surface area contributed by atoms with Gasteiger partial charge in [0, 0.05) is 26.2 Å². The van der Waals surface area contributed by atoms with Gasteiger partial charge in [0.05, 0.1) is 0 Å². The molecular weight excluding hydrogens is 275 g/mol. The minimum Gasteiger partial charge on any atom is -0.444 e. The van der Waals surface area contributed by atoms with E-state index in [9.17, 15) is 9.18 Å². The SMILES string of the molecule is C/C=C(\N=N/C(C)F)N1CCN(C(=O)OC(C)(C)C)CC1. The van der Waals surface area contributed by atoms with Crippen LogP contribution in [0, 0.1) is 0 Å². The molecule has 0 aromatic heterocycles. The maximum atomic E-state index is 12.7. The van der Waals surface area contributed by atoms with Crippen molar-refractivity contribution >= 4 is 6.09 Å². The van der Waals surface area contributed by atoms with Gasteiger partial charge in [-0.15, -0.1) is 10.2 Å². The molecule has 0 aliphatic carbocycles. The average molecular weight is 300 g/mol. The average Bonchev–Trinajstić information content (AvgIpc) is 2.37. The van der Waals surface area contributed by atoms with Crippen LogP contribution in [-0.2, 0) is 4.74 Å². The monoisotopic (exact) mass is 300 g/mol. The zero-order chi connectivity index (χ0) is 16.0. The van der Waals surface area contributed by atoms with Crippen LogP contribution in [0.5, 0.6) is 0 Å². The van der Waals surface area contributed by atoms with Gasteiger partial charge in [-0.3, -0.25) is 0 Å². The van der Waals surface area contributed by atoms with Crippen molar-refractivity contribution in [1.82, 2.24) is 9.80 Å². The van der Waals surface area contributed by atoms with Crippen LogP contribution >= 0.6 is 0 Å². The quantitative estimate of drug-likeness (QED) is 0.594. The van der Waals surface area contributed by atoms with Gasteiger partial charge in [0.1, 0.15) is 11.4 Å². The summed E-state index contributed by atoms with van der Waals surface area (Å²) in [5.74, 6) is 0.628. The van der Waals surface area contributed by atoms with Gasteiger partial charge in [0.2, 0.25) is 6.30 Å². The molecule has 0 bridgehead atoms. The standard InChI is InChI=1S/C14H25FN4O2/c1-6-12(17-16-11(2)15)18-7-9-19(10-8-18)13(20)21-14(3,4)5/h6,11H,7-10H2,1-5H3/b12-6+,17-16-. The van der Waals surface area contributed by atoms with E-state index in [1.54, 1.807) is 11.0 Å². The van der Waals surface area contributed by atoms with Gasteiger partial charge in [0.25, 0.3) is 0 Å². The molecule has 6 nitrogen and oxygen atoms in total. The van der Waals surface area contributed by atoms with E-state index < -0.39 is 11.9 Å². The van der Waals surface area contributed by atoms with E-state index in [2.05, 4.69) is 10.2 Å². The number of allylic oxidation sites excluding steroid dienone is 1. The maximum Gasteiger partial charge on any atom is 0.410 e. The lowest BCUT2D eigenvalue weighted by atomic mass is 10.2. The number of azo groups is 1. The van der Waals surface area contributed by atoms with E-state index in [0.29, 0.717) is 32.0 Å². The van der Waals surface area contributed by atoms with Crippen LogP contribution in [0.3, 0.4) is 0 Å². The zero-order valence-corrected chi connectivity index (χ0v) is 13.5. The lowest BCUT2D eigenvalue weighted by Gasteiger charge is -2.36. The number of nitrogens with zero attached hydrogens (tertiary/aromatic N) is 4. The molecule has 1 unspecified atom stereocenters. The van der Waals surface area contributed by atoms with Gasteiger partial charge in [0.15, 0.2) is 0 Å². The van der Waals surface area contributed by atoms with Crippen molar-refractivity contribution in [1.29, 1.82) is 0 Å². The highest BCUT2D eigenvalue weighted by Gasteiger charge is 2.26. The molecule has 1 aliphatic rings. The number of ether oxygens (including phenoxy) is 1. The second kappa shape index (κ2) is 7.38. The first-order chi connectivity index (χ1) is 9.73. The Kier molecular flexibility index (Phi) is 6.11. The van der Waals surface area contributed by atoms with Gasteiger partial charge in [-0.1, -0.05) is 0 Å². The van der Waals surface area contributed by atoms with E-state index in [4.69, 9.17) is 4.74 Å². The Hall–Kier alpha value is -1.66. The lowest BCUT2D eigenvalue weighted by molar-refractivity contribution is 0.0167. The van der Waals surface area contributed by atoms with Crippen LogP contribution in [0.2, 0.25) is 0 Å². The number of carbonyl (C=O) groups excluding carboxylic acids is 1. The van der Waals surface area contributed by atoms with Crippen LogP contribution in [0.1, 0.15) is 34.6 Å². The lowest BCUT2D eigenvalue weighted by Crippen LogP contribution is -2.49. The van der Waals surface area contributed by atoms with Gasteiger partial charge in [-0.2, -0.15) is 0 Å². The highest BCUT2D eigenvalue weighted by atomic mass is 19.1. The molecule has 0 radical (unpaired) electrons. The number of hydrogen-bond acceptors (Lipinski definition) is 5. The fraction of sp³-hybridized carbons (Fsp3) is 0.786. The van der Waals surface area contributed by atoms with Crippen molar-refractivity contribution in [2.24, 2.45) is 10.2 Å². The zero-order valence-electron chi connectivity index (χ0n) is 13.5. The predicted octanol–water partition coefficient (Wildman–Crippen LogP) is 3.17. The molecular formula is C14H25FN4O2. The fourth-order valence-corrected chi connectivity index (χ4v) is 1.89. The molecule has 0 aromatic rings. The fourth-order valence-electron chi connectivity index (χ4n) is 1.89. The van der Waals surface area contributed by atoms with E-state index in [0.717, 1.165) is 0 Å². The smallest absolute Gasteiger partial charge is 0.410 e. The number of carbonyl (C=O) groups is 1. The Morgan fingerprint density at radius 2 is 1.76 bits per heavy atom. The van der Waals surface area contributed by atoms with E-state index in [-0.39, 0.29) is 6.09 Å². The largest absolute Gasteiger partial charge is 0.444 e. The molecule has 21 heavy (non-hydrogen) atoms. The summed E-state index contributed by atoms with van der Waals surface area (Å²) < 4.78 is 18.1. The van der Waals surface area contributed by atoms with Crippen molar-refractivity contribution in [2.45, 2.75) is 46.5 Å². The second-order valence-electron chi connectivity index (χ2n) is 5.89. The molecule has 1 aliphatic heterocycles. The highest BCUT2D eigenvalue weighted by molar-refractivity contribution is 5.68. The first-order valence-electron chi connectivity index (χ1n) is 7.17. The molecule has 120 valence electrons. The van der Waals surface area contributed by atoms with Crippen LogP contribution < -0.4 is 0 Å². The minimum absolute atomic E-state index is 0.303. The number of hydrogen-bond donors (Lipinski definition) is 0. The summed E-state index contributed by atoms with van der Waals surface area (Å²) in [6.07, 6.45) is 0.167. The Balaban J connectivity index is 2.53. The van der Waals surface area contributed by atoms with Crippen LogP contribution in [0.15, 0.2) is 22.1 Å². The molecule has 1 atom stereocenters. The summed E-state index contributed by atoms with van der Waals surface area (Å²) in [6, 6.07) is 0. The van der Waals surface area contributed by atoms with Crippen LogP contribution in [0.25, 0.3) is 0 Å². The molecule has 0 saturated carbocycles. The summed E-state index contributed by atoms with van der Waals surface area (Å²) >= 11 is 0. The molecule has 1 saturated heterocycles. The summed E-state index contributed by atoms with van der Waals surface area (Å²) in [5.41, 5.74) is -0.492. The first-order valence-corrected chi connectivity index (χ1v) is 7.17. The summed E-state index contributed by atoms with van der Waals surface area (Å²) in [6.45, 7) is 11.0. The third kappa shape index (κ3) is 6.10. The molecule has 1 fully saturated rings. The maximum absolute atomic E-state index is 12.7. The third-order valence-electron chi connectivity index (χ3n) is 2.83. The van der Waals surface area contributed by atoms with E-state index in [1.165, 1.54) is 6.92 Å². The van der Waals surface area contributed by atoms with Crippen molar-refractivity contribution < 1.29 is 13.9 Å². The van der Waals surface area contributed by atoms with Gasteiger partial charge in [-0.25, -0.2) is 9.18 Å². The summed E-state index contributed by atoms with van der Waals surface area (Å²) in [4.78, 5) is 15.6.